The van der Waals surface area contributed by atoms with E-state index in [9.17, 15) is 0 Å². The molecule has 0 fully saturated rings. The van der Waals surface area contributed by atoms with Crippen LogP contribution < -0.4 is 0 Å². The molecule has 0 bridgehead atoms. The second-order valence-electron chi connectivity index (χ2n) is 9.56. The molecular formula is C36H26BrNS. The molecule has 0 aliphatic heterocycles. The van der Waals surface area contributed by atoms with E-state index in [1.165, 1.54) is 47.1 Å². The van der Waals surface area contributed by atoms with Gasteiger partial charge in [-0.15, -0.1) is 10.0 Å². The molecule has 0 spiro atoms. The molecule has 7 aromatic rings. The molecule has 0 saturated carbocycles. The van der Waals surface area contributed by atoms with Gasteiger partial charge in [0.1, 0.15) is 0 Å². The molecule has 0 N–H and O–H groups in total. The van der Waals surface area contributed by atoms with Crippen molar-refractivity contribution in [1.29, 1.82) is 0 Å². The lowest BCUT2D eigenvalue weighted by Crippen LogP contribution is -2.05. The summed E-state index contributed by atoms with van der Waals surface area (Å²) in [6.45, 7) is 0. The van der Waals surface area contributed by atoms with Crippen LogP contribution in [0.2, 0.25) is 0 Å². The van der Waals surface area contributed by atoms with Gasteiger partial charge in [-0.3, -0.25) is 0 Å². The Kier molecular flexibility index (Phi) is 6.11. The van der Waals surface area contributed by atoms with E-state index in [-0.39, 0.29) is 0 Å². The average Bonchev–Trinajstić information content (AvgIpc) is 3.33. The smallest absolute Gasteiger partial charge is 0.0541 e. The Labute approximate surface area is 238 Å². The number of hydrogen-bond acceptors (Lipinski definition) is 0. The van der Waals surface area contributed by atoms with Gasteiger partial charge in [0.25, 0.3) is 0 Å². The van der Waals surface area contributed by atoms with Crippen LogP contribution in [0.15, 0.2) is 182 Å². The Morgan fingerprint density at radius 1 is 0.410 bits per heavy atom. The Hall–Kier alpha value is -4.05. The summed E-state index contributed by atoms with van der Waals surface area (Å²) in [7, 11) is -1.76. The lowest BCUT2D eigenvalue weighted by molar-refractivity contribution is 1.17. The van der Waals surface area contributed by atoms with Crippen molar-refractivity contribution in [1.82, 2.24) is 4.57 Å². The van der Waals surface area contributed by atoms with Gasteiger partial charge in [-0.2, -0.15) is 0 Å². The van der Waals surface area contributed by atoms with E-state index >= 15 is 0 Å². The van der Waals surface area contributed by atoms with Crippen LogP contribution in [0.4, 0.5) is 0 Å². The minimum absolute atomic E-state index is 1.08. The standard InChI is InChI=1S/C36H26BrNS/c37-27-21-23-35-33(25-27)34-26-32(22-24-36(34)38(35)28-13-5-1-6-14-28)39(29-15-7-2-8-16-29,30-17-9-3-10-18-30)31-19-11-4-12-20-31/h1-26H. The van der Waals surface area contributed by atoms with Crippen molar-refractivity contribution in [2.24, 2.45) is 0 Å². The van der Waals surface area contributed by atoms with Crippen molar-refractivity contribution in [3.63, 3.8) is 0 Å². The van der Waals surface area contributed by atoms with Gasteiger partial charge in [-0.05, 0) is 84.9 Å². The Morgan fingerprint density at radius 2 is 0.846 bits per heavy atom. The third-order valence-corrected chi connectivity index (χ3v) is 11.7. The molecular weight excluding hydrogens is 558 g/mol. The lowest BCUT2D eigenvalue weighted by atomic mass is 10.1. The number of fused-ring (bicyclic) bond motifs is 3. The number of nitrogens with zero attached hydrogens (tertiary/aromatic N) is 1. The molecule has 188 valence electrons. The molecule has 0 atom stereocenters. The Bertz CT molecular complexity index is 1800. The van der Waals surface area contributed by atoms with Crippen LogP contribution in [-0.4, -0.2) is 4.57 Å². The van der Waals surface area contributed by atoms with Crippen molar-refractivity contribution in [3.8, 4) is 5.69 Å². The van der Waals surface area contributed by atoms with Crippen molar-refractivity contribution in [2.45, 2.75) is 19.6 Å². The molecule has 3 heteroatoms. The maximum atomic E-state index is 3.75. The molecule has 1 heterocycles. The molecule has 0 aliphatic carbocycles. The lowest BCUT2D eigenvalue weighted by Gasteiger charge is -2.42. The van der Waals surface area contributed by atoms with Crippen molar-refractivity contribution in [2.75, 3.05) is 0 Å². The normalized spacial score (nSPS) is 12.1. The van der Waals surface area contributed by atoms with Crippen molar-refractivity contribution < 1.29 is 0 Å². The minimum Gasteiger partial charge on any atom is -0.309 e. The van der Waals surface area contributed by atoms with Crippen molar-refractivity contribution >= 4 is 47.8 Å². The molecule has 39 heavy (non-hydrogen) atoms. The number of benzene rings is 6. The number of para-hydroxylation sites is 1. The van der Waals surface area contributed by atoms with E-state index in [1.807, 2.05) is 0 Å². The first-order valence-electron chi connectivity index (χ1n) is 13.0. The predicted molar refractivity (Wildman–Crippen MR) is 168 cm³/mol. The molecule has 7 rings (SSSR count). The molecule has 0 saturated heterocycles. The fourth-order valence-corrected chi connectivity index (χ4v) is 9.97. The molecule has 0 unspecified atom stereocenters. The van der Waals surface area contributed by atoms with Crippen LogP contribution in [0.5, 0.6) is 0 Å². The summed E-state index contributed by atoms with van der Waals surface area (Å²) in [5.74, 6) is 0. The van der Waals surface area contributed by atoms with Gasteiger partial charge in [-0.25, -0.2) is 0 Å². The summed E-state index contributed by atoms with van der Waals surface area (Å²) in [5, 5.41) is 2.50. The average molecular weight is 585 g/mol. The first-order chi connectivity index (χ1) is 19.3. The Morgan fingerprint density at radius 3 is 1.36 bits per heavy atom. The van der Waals surface area contributed by atoms with Gasteiger partial charge in [0.2, 0.25) is 0 Å². The topological polar surface area (TPSA) is 4.93 Å². The van der Waals surface area contributed by atoms with E-state index in [2.05, 4.69) is 178 Å². The summed E-state index contributed by atoms with van der Waals surface area (Å²) in [6, 6.07) is 57.5. The maximum absolute atomic E-state index is 3.75. The first kappa shape index (κ1) is 24.0. The first-order valence-corrected chi connectivity index (χ1v) is 15.5. The van der Waals surface area contributed by atoms with E-state index in [4.69, 9.17) is 0 Å². The van der Waals surface area contributed by atoms with E-state index in [1.54, 1.807) is 0 Å². The Balaban J connectivity index is 1.62. The SMILES string of the molecule is Brc1ccc2c(c1)c1cc(S(c3ccccc3)(c3ccccc3)c3ccccc3)ccc1n2-c1ccccc1. The predicted octanol–water partition coefficient (Wildman–Crippen LogP) is 10.9. The minimum atomic E-state index is -1.76. The monoisotopic (exact) mass is 583 g/mol. The second-order valence-corrected chi connectivity index (χ2v) is 13.6. The quantitative estimate of drug-likeness (QED) is 0.190. The van der Waals surface area contributed by atoms with Gasteiger partial charge in [0.05, 0.1) is 11.0 Å². The third-order valence-electron chi connectivity index (χ3n) is 7.36. The molecule has 1 aromatic heterocycles. The number of aromatic nitrogens is 1. The fraction of sp³-hybridized carbons (Fsp3) is 0. The zero-order valence-electron chi connectivity index (χ0n) is 21.2. The highest BCUT2D eigenvalue weighted by Crippen LogP contribution is 2.73. The third kappa shape index (κ3) is 3.93. The van der Waals surface area contributed by atoms with Gasteiger partial charge in [-0.1, -0.05) is 88.7 Å². The van der Waals surface area contributed by atoms with Crippen molar-refractivity contribution in [3.05, 3.63) is 162 Å². The van der Waals surface area contributed by atoms with Gasteiger partial charge in [0.15, 0.2) is 0 Å². The van der Waals surface area contributed by atoms with Gasteiger partial charge in [0, 0.05) is 40.5 Å². The van der Waals surface area contributed by atoms with E-state index in [0.717, 1.165) is 4.47 Å². The number of halogens is 1. The zero-order chi connectivity index (χ0) is 26.2. The molecule has 6 aromatic carbocycles. The van der Waals surface area contributed by atoms with Crippen LogP contribution in [0.1, 0.15) is 0 Å². The largest absolute Gasteiger partial charge is 0.309 e. The molecule has 0 aliphatic rings. The number of rotatable bonds is 5. The van der Waals surface area contributed by atoms with Crippen LogP contribution in [0, 0.1) is 0 Å². The van der Waals surface area contributed by atoms with Gasteiger partial charge < -0.3 is 4.57 Å². The van der Waals surface area contributed by atoms with Crippen LogP contribution in [-0.2, 0) is 0 Å². The van der Waals surface area contributed by atoms with Crippen LogP contribution in [0.3, 0.4) is 0 Å². The highest BCUT2D eigenvalue weighted by molar-refractivity contribution is 9.10. The summed E-state index contributed by atoms with van der Waals surface area (Å²) in [6.07, 6.45) is 0. The zero-order valence-corrected chi connectivity index (χ0v) is 23.6. The molecule has 0 radical (unpaired) electrons. The summed E-state index contributed by atoms with van der Waals surface area (Å²) in [5.41, 5.74) is 3.58. The van der Waals surface area contributed by atoms with Crippen LogP contribution >= 0.6 is 26.0 Å². The number of hydrogen-bond donors (Lipinski definition) is 0. The summed E-state index contributed by atoms with van der Waals surface area (Å²) >= 11 is 3.75. The van der Waals surface area contributed by atoms with E-state index < -0.39 is 10.0 Å². The maximum Gasteiger partial charge on any atom is 0.0541 e. The molecule has 1 nitrogen and oxygen atoms in total. The van der Waals surface area contributed by atoms with Gasteiger partial charge >= 0.3 is 0 Å². The highest BCUT2D eigenvalue weighted by Gasteiger charge is 2.33. The van der Waals surface area contributed by atoms with E-state index in [0.29, 0.717) is 0 Å². The van der Waals surface area contributed by atoms with Crippen LogP contribution in [0.25, 0.3) is 27.5 Å². The highest BCUT2D eigenvalue weighted by atomic mass is 79.9. The summed E-state index contributed by atoms with van der Waals surface area (Å²) in [4.78, 5) is 5.31. The molecule has 0 amide bonds. The second kappa shape index (κ2) is 9.92. The fourth-order valence-electron chi connectivity index (χ4n) is 5.71. The summed E-state index contributed by atoms with van der Waals surface area (Å²) < 4.78 is 3.46.